The van der Waals surface area contributed by atoms with Gasteiger partial charge in [0, 0.05) is 20.1 Å². The molecule has 6 heteroatoms. The van der Waals surface area contributed by atoms with E-state index in [9.17, 15) is 4.79 Å². The first kappa shape index (κ1) is 14.7. The van der Waals surface area contributed by atoms with Gasteiger partial charge in [-0.25, -0.2) is 4.98 Å². The monoisotopic (exact) mass is 278 g/mol. The molecule has 1 fully saturated rings. The summed E-state index contributed by atoms with van der Waals surface area (Å²) in [4.78, 5) is 18.4. The van der Waals surface area contributed by atoms with E-state index in [-0.39, 0.29) is 17.9 Å². The van der Waals surface area contributed by atoms with Crippen molar-refractivity contribution >= 4 is 17.4 Å². The highest BCUT2D eigenvalue weighted by Gasteiger charge is 2.33. The van der Waals surface area contributed by atoms with Crippen molar-refractivity contribution in [2.75, 3.05) is 44.1 Å². The van der Waals surface area contributed by atoms with Gasteiger partial charge in [-0.05, 0) is 18.7 Å². The molecule has 0 aliphatic carbocycles. The molecule has 2 unspecified atom stereocenters. The lowest BCUT2D eigenvalue weighted by atomic mass is 10.0. The summed E-state index contributed by atoms with van der Waals surface area (Å²) in [6, 6.07) is 3.83. The number of nitrogens with one attached hydrogen (secondary N) is 2. The molecule has 20 heavy (non-hydrogen) atoms. The quantitative estimate of drug-likeness (QED) is 0.830. The molecule has 2 heterocycles. The second kappa shape index (κ2) is 6.67. The Morgan fingerprint density at radius 1 is 1.45 bits per heavy atom. The Kier molecular flexibility index (Phi) is 4.92. The molecule has 2 rings (SSSR count). The first-order chi connectivity index (χ1) is 9.61. The average molecular weight is 278 g/mol. The van der Waals surface area contributed by atoms with Gasteiger partial charge in [0.15, 0.2) is 0 Å². The molecule has 0 spiro atoms. The number of hydrogen-bond donors (Lipinski definition) is 2. The van der Waals surface area contributed by atoms with Gasteiger partial charge in [-0.3, -0.25) is 4.79 Å². The van der Waals surface area contributed by atoms with E-state index in [1.165, 1.54) is 0 Å². The predicted octanol–water partition coefficient (Wildman–Crippen LogP) is 0.711. The van der Waals surface area contributed by atoms with Crippen LogP contribution in [0.25, 0.3) is 0 Å². The lowest BCUT2D eigenvalue weighted by molar-refractivity contribution is -0.120. The second-order valence-corrected chi connectivity index (χ2v) is 5.10. The lowest BCUT2D eigenvalue weighted by Gasteiger charge is -2.18. The topological polar surface area (TPSA) is 66.5 Å². The van der Waals surface area contributed by atoms with Crippen molar-refractivity contribution in [1.82, 2.24) is 10.3 Å². The van der Waals surface area contributed by atoms with E-state index in [2.05, 4.69) is 15.6 Å². The minimum Gasteiger partial charge on any atom is -0.379 e. The van der Waals surface area contributed by atoms with Crippen LogP contribution in [0, 0.1) is 5.92 Å². The Balaban J connectivity index is 1.96. The fourth-order valence-electron chi connectivity index (χ4n) is 2.24. The summed E-state index contributed by atoms with van der Waals surface area (Å²) in [5.41, 5.74) is 0.711. The summed E-state index contributed by atoms with van der Waals surface area (Å²) in [6.45, 7) is 3.91. The lowest BCUT2D eigenvalue weighted by Crippen LogP contribution is -2.41. The normalized spacial score (nSPS) is 21.8. The molecule has 0 radical (unpaired) electrons. The van der Waals surface area contributed by atoms with E-state index < -0.39 is 0 Å². The van der Waals surface area contributed by atoms with Crippen molar-refractivity contribution in [1.29, 1.82) is 0 Å². The largest absolute Gasteiger partial charge is 0.379 e. The van der Waals surface area contributed by atoms with E-state index in [4.69, 9.17) is 4.74 Å². The highest BCUT2D eigenvalue weighted by Crippen LogP contribution is 2.17. The number of ether oxygens (including phenoxy) is 1. The first-order valence-electron chi connectivity index (χ1n) is 6.87. The highest BCUT2D eigenvalue weighted by atomic mass is 16.5. The molecule has 0 saturated carbocycles. The molecule has 0 bridgehead atoms. The smallest absolute Gasteiger partial charge is 0.231 e. The Morgan fingerprint density at radius 3 is 2.85 bits per heavy atom. The molecule has 2 N–H and O–H groups in total. The molecule has 110 valence electrons. The van der Waals surface area contributed by atoms with Gasteiger partial charge in [-0.1, -0.05) is 6.92 Å². The molecule has 1 aliphatic heterocycles. The van der Waals surface area contributed by atoms with Crippen LogP contribution >= 0.6 is 0 Å². The number of hydrogen-bond acceptors (Lipinski definition) is 5. The van der Waals surface area contributed by atoms with Gasteiger partial charge in [0.2, 0.25) is 5.91 Å². The molecule has 1 aromatic rings. The van der Waals surface area contributed by atoms with Crippen LogP contribution in [0.1, 0.15) is 6.92 Å². The van der Waals surface area contributed by atoms with E-state index in [1.54, 1.807) is 6.20 Å². The predicted molar refractivity (Wildman–Crippen MR) is 79.0 cm³/mol. The van der Waals surface area contributed by atoms with Gasteiger partial charge in [-0.15, -0.1) is 0 Å². The molecular formula is C14H22N4O2. The zero-order valence-corrected chi connectivity index (χ0v) is 12.2. The molecule has 1 amide bonds. The molecule has 2 atom stereocenters. The number of nitrogens with zero attached hydrogens (tertiary/aromatic N) is 2. The third-order valence-electron chi connectivity index (χ3n) is 3.36. The number of rotatable bonds is 5. The molecule has 1 saturated heterocycles. The SMILES string of the molecule is CCNC1COCC1C(=O)Nc1ccc(N(C)C)nc1. The van der Waals surface area contributed by atoms with Crippen molar-refractivity contribution in [3.05, 3.63) is 18.3 Å². The minimum absolute atomic E-state index is 0.0205. The number of likely N-dealkylation sites (N-methyl/N-ethyl adjacent to an activating group) is 1. The molecule has 0 aromatic carbocycles. The van der Waals surface area contributed by atoms with Crippen LogP contribution in [0.5, 0.6) is 0 Å². The summed E-state index contributed by atoms with van der Waals surface area (Å²) >= 11 is 0. The van der Waals surface area contributed by atoms with Crippen LogP contribution in [-0.2, 0) is 9.53 Å². The number of pyridine rings is 1. The highest BCUT2D eigenvalue weighted by molar-refractivity contribution is 5.93. The zero-order chi connectivity index (χ0) is 14.5. The van der Waals surface area contributed by atoms with Gasteiger partial charge in [-0.2, -0.15) is 0 Å². The van der Waals surface area contributed by atoms with E-state index in [0.29, 0.717) is 18.9 Å². The Morgan fingerprint density at radius 2 is 2.25 bits per heavy atom. The van der Waals surface area contributed by atoms with E-state index in [0.717, 1.165) is 12.4 Å². The molecular weight excluding hydrogens is 256 g/mol. The summed E-state index contributed by atoms with van der Waals surface area (Å²) in [5.74, 6) is 0.689. The Bertz CT molecular complexity index is 447. The number of amides is 1. The maximum atomic E-state index is 12.2. The maximum Gasteiger partial charge on any atom is 0.231 e. The van der Waals surface area contributed by atoms with Crippen molar-refractivity contribution in [2.24, 2.45) is 5.92 Å². The summed E-state index contributed by atoms with van der Waals surface area (Å²) in [5, 5.41) is 6.18. The number of carbonyl (C=O) groups is 1. The van der Waals surface area contributed by atoms with Crippen LogP contribution < -0.4 is 15.5 Å². The summed E-state index contributed by atoms with van der Waals surface area (Å²) in [6.07, 6.45) is 1.67. The fraction of sp³-hybridized carbons (Fsp3) is 0.571. The molecule has 1 aromatic heterocycles. The van der Waals surface area contributed by atoms with E-state index >= 15 is 0 Å². The Hall–Kier alpha value is -1.66. The molecule has 1 aliphatic rings. The van der Waals surface area contributed by atoms with Gasteiger partial charge in [0.1, 0.15) is 5.82 Å². The third kappa shape index (κ3) is 3.46. The van der Waals surface area contributed by atoms with Crippen molar-refractivity contribution < 1.29 is 9.53 Å². The van der Waals surface area contributed by atoms with Crippen molar-refractivity contribution in [3.8, 4) is 0 Å². The minimum atomic E-state index is -0.150. The second-order valence-electron chi connectivity index (χ2n) is 5.10. The fourth-order valence-corrected chi connectivity index (χ4v) is 2.24. The summed E-state index contributed by atoms with van der Waals surface area (Å²) in [7, 11) is 3.86. The average Bonchev–Trinajstić information content (AvgIpc) is 2.88. The third-order valence-corrected chi connectivity index (χ3v) is 3.36. The van der Waals surface area contributed by atoms with Crippen molar-refractivity contribution in [3.63, 3.8) is 0 Å². The van der Waals surface area contributed by atoms with Crippen LogP contribution in [-0.4, -0.2) is 50.8 Å². The van der Waals surface area contributed by atoms with Gasteiger partial charge < -0.3 is 20.3 Å². The molecule has 6 nitrogen and oxygen atoms in total. The standard InChI is InChI=1S/C14H22N4O2/c1-4-15-12-9-20-8-11(12)14(19)17-10-5-6-13(16-7-10)18(2)3/h5-7,11-12,15H,4,8-9H2,1-3H3,(H,17,19). The first-order valence-corrected chi connectivity index (χ1v) is 6.87. The van der Waals surface area contributed by atoms with Crippen LogP contribution in [0.2, 0.25) is 0 Å². The number of carbonyl (C=O) groups excluding carboxylic acids is 1. The number of aromatic nitrogens is 1. The van der Waals surface area contributed by atoms with Crippen LogP contribution in [0.15, 0.2) is 18.3 Å². The van der Waals surface area contributed by atoms with Gasteiger partial charge >= 0.3 is 0 Å². The maximum absolute atomic E-state index is 12.2. The van der Waals surface area contributed by atoms with Crippen LogP contribution in [0.3, 0.4) is 0 Å². The van der Waals surface area contributed by atoms with E-state index in [1.807, 2.05) is 38.1 Å². The van der Waals surface area contributed by atoms with Crippen LogP contribution in [0.4, 0.5) is 11.5 Å². The zero-order valence-electron chi connectivity index (χ0n) is 12.2. The summed E-state index contributed by atoms with van der Waals surface area (Å²) < 4.78 is 5.39. The number of anilines is 2. The van der Waals surface area contributed by atoms with Gasteiger partial charge in [0.25, 0.3) is 0 Å². The Labute approximate surface area is 119 Å². The van der Waals surface area contributed by atoms with Gasteiger partial charge in [0.05, 0.1) is 31.0 Å². The van der Waals surface area contributed by atoms with Crippen molar-refractivity contribution in [2.45, 2.75) is 13.0 Å².